The van der Waals surface area contributed by atoms with E-state index >= 15 is 0 Å². The zero-order valence-electron chi connectivity index (χ0n) is 16.4. The van der Waals surface area contributed by atoms with Gasteiger partial charge in [-0.1, -0.05) is 12.1 Å². The third-order valence-corrected chi connectivity index (χ3v) is 5.42. The lowest BCUT2D eigenvalue weighted by molar-refractivity contribution is -0.384. The van der Waals surface area contributed by atoms with Crippen molar-refractivity contribution in [3.63, 3.8) is 0 Å². The molecule has 0 aliphatic carbocycles. The van der Waals surface area contributed by atoms with Crippen LogP contribution in [0, 0.1) is 15.9 Å². The summed E-state index contributed by atoms with van der Waals surface area (Å²) in [6.07, 6.45) is 2.88. The third-order valence-electron chi connectivity index (χ3n) is 5.42. The second-order valence-corrected chi connectivity index (χ2v) is 7.18. The van der Waals surface area contributed by atoms with Crippen LogP contribution in [0.25, 0.3) is 16.9 Å². The van der Waals surface area contributed by atoms with Crippen LogP contribution in [0.3, 0.4) is 0 Å². The van der Waals surface area contributed by atoms with Gasteiger partial charge in [-0.15, -0.1) is 0 Å². The third kappa shape index (κ3) is 3.41. The topological polar surface area (TPSA) is 93.2 Å². The molecule has 0 spiro atoms. The number of nitrogens with zero attached hydrogens (tertiary/aromatic N) is 7. The van der Waals surface area contributed by atoms with Gasteiger partial charge in [-0.2, -0.15) is 0 Å². The quantitative estimate of drug-likeness (QED) is 0.370. The SMILES string of the molecule is O=[N+]([O-])c1c(N2CCN(c3ccc(F)cc3)CC2)ncnc1-n1cnc2ccccc21. The highest BCUT2D eigenvalue weighted by Gasteiger charge is 2.30. The van der Waals surface area contributed by atoms with Crippen molar-refractivity contribution in [3.8, 4) is 5.82 Å². The number of rotatable bonds is 4. The Balaban J connectivity index is 1.47. The standard InChI is InChI=1S/C21H18FN7O2/c22-15-5-7-16(8-6-15)26-9-11-27(12-10-26)20-19(29(30)31)21(24-13-23-20)28-14-25-17-3-1-2-4-18(17)28/h1-8,13-14H,9-12H2. The molecule has 156 valence electrons. The van der Waals surface area contributed by atoms with Crippen LogP contribution < -0.4 is 9.80 Å². The van der Waals surface area contributed by atoms with Gasteiger partial charge in [0.1, 0.15) is 18.5 Å². The second-order valence-electron chi connectivity index (χ2n) is 7.18. The normalized spacial score (nSPS) is 14.2. The Hall–Kier alpha value is -4.08. The Morgan fingerprint density at radius 2 is 1.55 bits per heavy atom. The number of anilines is 2. The molecule has 2 aromatic carbocycles. The van der Waals surface area contributed by atoms with E-state index in [0.29, 0.717) is 26.2 Å². The maximum atomic E-state index is 13.2. The van der Waals surface area contributed by atoms with Gasteiger partial charge in [-0.3, -0.25) is 14.7 Å². The van der Waals surface area contributed by atoms with Gasteiger partial charge in [0, 0.05) is 31.9 Å². The van der Waals surface area contributed by atoms with E-state index in [9.17, 15) is 14.5 Å². The Morgan fingerprint density at radius 1 is 0.871 bits per heavy atom. The average molecular weight is 419 g/mol. The lowest BCUT2D eigenvalue weighted by atomic mass is 10.2. The smallest absolute Gasteiger partial charge is 0.354 e. The molecule has 10 heteroatoms. The minimum atomic E-state index is -0.439. The van der Waals surface area contributed by atoms with E-state index in [1.54, 1.807) is 16.7 Å². The van der Waals surface area contributed by atoms with Gasteiger partial charge >= 0.3 is 5.69 Å². The first-order chi connectivity index (χ1) is 15.1. The van der Waals surface area contributed by atoms with Gasteiger partial charge in [-0.05, 0) is 36.4 Å². The molecule has 1 fully saturated rings. The van der Waals surface area contributed by atoms with Crippen LogP contribution in [0.1, 0.15) is 0 Å². The fourth-order valence-corrected chi connectivity index (χ4v) is 3.89. The zero-order valence-corrected chi connectivity index (χ0v) is 16.4. The van der Waals surface area contributed by atoms with Crippen molar-refractivity contribution in [1.29, 1.82) is 0 Å². The van der Waals surface area contributed by atoms with Crippen molar-refractivity contribution >= 4 is 28.2 Å². The predicted molar refractivity (Wildman–Crippen MR) is 114 cm³/mol. The molecule has 0 radical (unpaired) electrons. The number of halogens is 1. The van der Waals surface area contributed by atoms with Gasteiger partial charge in [0.25, 0.3) is 0 Å². The summed E-state index contributed by atoms with van der Waals surface area (Å²) in [6, 6.07) is 13.7. The number of hydrogen-bond donors (Lipinski definition) is 0. The Bertz CT molecular complexity index is 1250. The lowest BCUT2D eigenvalue weighted by Crippen LogP contribution is -2.47. The molecular weight excluding hydrogens is 401 g/mol. The minimum absolute atomic E-state index is 0.152. The summed E-state index contributed by atoms with van der Waals surface area (Å²) >= 11 is 0. The van der Waals surface area contributed by atoms with Crippen molar-refractivity contribution < 1.29 is 9.31 Å². The zero-order chi connectivity index (χ0) is 21.4. The fourth-order valence-electron chi connectivity index (χ4n) is 3.89. The number of fused-ring (bicyclic) bond motifs is 1. The van der Waals surface area contributed by atoms with E-state index in [-0.39, 0.29) is 23.1 Å². The minimum Gasteiger partial charge on any atom is -0.368 e. The van der Waals surface area contributed by atoms with Crippen molar-refractivity contribution in [2.24, 2.45) is 0 Å². The summed E-state index contributed by atoms with van der Waals surface area (Å²) in [5.41, 5.74) is 2.23. The summed E-state index contributed by atoms with van der Waals surface area (Å²) < 4.78 is 14.8. The number of nitro groups is 1. The highest BCUT2D eigenvalue weighted by atomic mass is 19.1. The Kier molecular flexibility index (Phi) is 4.66. The van der Waals surface area contributed by atoms with Crippen LogP contribution in [0.2, 0.25) is 0 Å². The molecule has 0 saturated carbocycles. The van der Waals surface area contributed by atoms with E-state index in [4.69, 9.17) is 0 Å². The molecule has 1 aliphatic heterocycles. The first kappa shape index (κ1) is 18.9. The molecular formula is C21H18FN7O2. The van der Waals surface area contributed by atoms with E-state index < -0.39 is 4.92 Å². The molecule has 1 aliphatic rings. The molecule has 9 nitrogen and oxygen atoms in total. The highest BCUT2D eigenvalue weighted by Crippen LogP contribution is 2.33. The molecule has 5 rings (SSSR count). The molecule has 4 aromatic rings. The Labute approximate surface area is 176 Å². The van der Waals surface area contributed by atoms with E-state index in [1.807, 2.05) is 29.2 Å². The van der Waals surface area contributed by atoms with Gasteiger partial charge < -0.3 is 9.80 Å². The van der Waals surface area contributed by atoms with E-state index in [0.717, 1.165) is 16.7 Å². The van der Waals surface area contributed by atoms with Crippen LogP contribution in [0.4, 0.5) is 21.6 Å². The van der Waals surface area contributed by atoms with Crippen molar-refractivity contribution in [3.05, 3.63) is 77.1 Å². The molecule has 0 unspecified atom stereocenters. The maximum Gasteiger partial charge on any atom is 0.354 e. The molecule has 0 N–H and O–H groups in total. The number of benzene rings is 2. The predicted octanol–water partition coefficient (Wildman–Crippen LogP) is 3.19. The van der Waals surface area contributed by atoms with Crippen LogP contribution >= 0.6 is 0 Å². The molecule has 1 saturated heterocycles. The number of imidazole rings is 1. The van der Waals surface area contributed by atoms with Gasteiger partial charge in [0.05, 0.1) is 16.0 Å². The number of hydrogen-bond acceptors (Lipinski definition) is 7. The Morgan fingerprint density at radius 3 is 2.29 bits per heavy atom. The molecule has 0 bridgehead atoms. The fraction of sp³-hybridized carbons (Fsp3) is 0.190. The number of para-hydroxylation sites is 2. The summed E-state index contributed by atoms with van der Waals surface area (Å²) in [7, 11) is 0. The van der Waals surface area contributed by atoms with Gasteiger partial charge in [0.2, 0.25) is 11.6 Å². The number of aromatic nitrogens is 4. The monoisotopic (exact) mass is 419 g/mol. The molecule has 0 amide bonds. The maximum absolute atomic E-state index is 13.2. The van der Waals surface area contributed by atoms with Crippen LogP contribution in [0.15, 0.2) is 61.2 Å². The first-order valence-corrected chi connectivity index (χ1v) is 9.79. The largest absolute Gasteiger partial charge is 0.368 e. The van der Waals surface area contributed by atoms with Crippen molar-refractivity contribution in [2.45, 2.75) is 0 Å². The lowest BCUT2D eigenvalue weighted by Gasteiger charge is -2.36. The average Bonchev–Trinajstić information content (AvgIpc) is 3.23. The van der Waals surface area contributed by atoms with E-state index in [1.165, 1.54) is 24.8 Å². The highest BCUT2D eigenvalue weighted by molar-refractivity contribution is 5.79. The van der Waals surface area contributed by atoms with Crippen molar-refractivity contribution in [2.75, 3.05) is 36.0 Å². The molecule has 0 atom stereocenters. The van der Waals surface area contributed by atoms with Gasteiger partial charge in [0.15, 0.2) is 0 Å². The van der Waals surface area contributed by atoms with Crippen LogP contribution in [-0.4, -0.2) is 50.6 Å². The summed E-state index contributed by atoms with van der Waals surface area (Å²) in [6.45, 7) is 2.35. The first-order valence-electron chi connectivity index (χ1n) is 9.79. The summed E-state index contributed by atoms with van der Waals surface area (Å²) in [5, 5.41) is 12.1. The number of piperazine rings is 1. The van der Waals surface area contributed by atoms with E-state index in [2.05, 4.69) is 19.9 Å². The molecule has 2 aromatic heterocycles. The van der Waals surface area contributed by atoms with Crippen molar-refractivity contribution in [1.82, 2.24) is 19.5 Å². The molecule has 3 heterocycles. The van der Waals surface area contributed by atoms with Gasteiger partial charge in [-0.25, -0.2) is 19.3 Å². The molecule has 31 heavy (non-hydrogen) atoms. The second kappa shape index (κ2) is 7.63. The van der Waals surface area contributed by atoms with Crippen LogP contribution in [0.5, 0.6) is 0 Å². The van der Waals surface area contributed by atoms with Crippen LogP contribution in [-0.2, 0) is 0 Å². The summed E-state index contributed by atoms with van der Waals surface area (Å²) in [4.78, 5) is 28.4. The summed E-state index contributed by atoms with van der Waals surface area (Å²) in [5.74, 6) is 0.190.